The number of benzene rings is 2. The monoisotopic (exact) mass is 488 g/mol. The molecule has 0 spiro atoms. The molecule has 0 saturated carbocycles. The zero-order valence-corrected chi connectivity index (χ0v) is 17.4. The van der Waals surface area contributed by atoms with Crippen LogP contribution in [0, 0.1) is 3.57 Å². The zero-order chi connectivity index (χ0) is 19.7. The lowest BCUT2D eigenvalue weighted by molar-refractivity contribution is -0.115. The first kappa shape index (κ1) is 18.5. The zero-order valence-electron chi connectivity index (χ0n) is 15.2. The first-order chi connectivity index (χ1) is 13.6. The highest BCUT2D eigenvalue weighted by Crippen LogP contribution is 2.35. The van der Waals surface area contributed by atoms with Gasteiger partial charge in [-0.25, -0.2) is 9.97 Å². The molecule has 7 nitrogen and oxygen atoms in total. The smallest absolute Gasteiger partial charge is 0.228 e. The van der Waals surface area contributed by atoms with Gasteiger partial charge in [-0.1, -0.05) is 0 Å². The maximum atomic E-state index is 12.2. The minimum atomic E-state index is -0.0776. The topological polar surface area (TPSA) is 85.4 Å². The van der Waals surface area contributed by atoms with Crippen LogP contribution in [0.15, 0.2) is 42.6 Å². The van der Waals surface area contributed by atoms with Crippen LogP contribution in [-0.2, 0) is 11.2 Å². The van der Waals surface area contributed by atoms with E-state index in [-0.39, 0.29) is 12.3 Å². The summed E-state index contributed by atoms with van der Waals surface area (Å²) in [7, 11) is 3.18. The van der Waals surface area contributed by atoms with Crippen molar-refractivity contribution in [2.75, 3.05) is 24.9 Å². The summed E-state index contributed by atoms with van der Waals surface area (Å²) in [6.07, 6.45) is 1.93. The summed E-state index contributed by atoms with van der Waals surface area (Å²) in [6, 6.07) is 11.4. The summed E-state index contributed by atoms with van der Waals surface area (Å²) >= 11 is 2.22. The molecule has 1 aliphatic rings. The molecule has 142 valence electrons. The Kier molecular flexibility index (Phi) is 5.03. The van der Waals surface area contributed by atoms with E-state index in [4.69, 9.17) is 9.47 Å². The fourth-order valence-electron chi connectivity index (χ4n) is 3.07. The third kappa shape index (κ3) is 3.59. The van der Waals surface area contributed by atoms with E-state index in [2.05, 4.69) is 43.2 Å². The molecular weight excluding hydrogens is 471 g/mol. The van der Waals surface area contributed by atoms with Gasteiger partial charge in [0.25, 0.3) is 0 Å². The van der Waals surface area contributed by atoms with Gasteiger partial charge in [-0.3, -0.25) is 4.79 Å². The fourth-order valence-corrected chi connectivity index (χ4v) is 3.56. The van der Waals surface area contributed by atoms with Gasteiger partial charge in [0, 0.05) is 32.6 Å². The molecule has 1 aliphatic heterocycles. The number of hydrogen-bond acceptors (Lipinski definition) is 6. The second kappa shape index (κ2) is 7.63. The van der Waals surface area contributed by atoms with Crippen molar-refractivity contribution in [2.45, 2.75) is 6.42 Å². The van der Waals surface area contributed by atoms with Crippen molar-refractivity contribution in [3.63, 3.8) is 0 Å². The van der Waals surface area contributed by atoms with Gasteiger partial charge in [-0.15, -0.1) is 0 Å². The Bertz CT molecular complexity index is 1070. The van der Waals surface area contributed by atoms with Crippen molar-refractivity contribution < 1.29 is 14.3 Å². The molecule has 2 heterocycles. The molecule has 28 heavy (non-hydrogen) atoms. The minimum Gasteiger partial charge on any atom is -0.493 e. The van der Waals surface area contributed by atoms with Crippen molar-refractivity contribution in [3.05, 3.63) is 51.7 Å². The summed E-state index contributed by atoms with van der Waals surface area (Å²) in [4.78, 5) is 21.3. The summed E-state index contributed by atoms with van der Waals surface area (Å²) in [5.74, 6) is 1.61. The number of carbonyl (C=O) groups is 1. The van der Waals surface area contributed by atoms with Crippen molar-refractivity contribution in [1.29, 1.82) is 0 Å². The molecule has 0 unspecified atom stereocenters. The minimum absolute atomic E-state index is 0.0776. The number of ether oxygens (including phenoxy) is 2. The highest BCUT2D eigenvalue weighted by Gasteiger charge is 2.21. The molecule has 0 fully saturated rings. The normalized spacial score (nSPS) is 12.3. The Morgan fingerprint density at radius 1 is 1.11 bits per heavy atom. The SMILES string of the molecule is COc1ccc(Nc2ncc3c(n2)-c2ccc(I)cc2NC(=O)C3)cc1OC. The summed E-state index contributed by atoms with van der Waals surface area (Å²) < 4.78 is 11.6. The first-order valence-corrected chi connectivity index (χ1v) is 9.60. The number of amides is 1. The van der Waals surface area contributed by atoms with Crippen LogP contribution in [0.1, 0.15) is 5.56 Å². The van der Waals surface area contributed by atoms with Crippen LogP contribution in [-0.4, -0.2) is 30.1 Å². The molecule has 1 amide bonds. The second-order valence-electron chi connectivity index (χ2n) is 6.18. The van der Waals surface area contributed by atoms with E-state index in [9.17, 15) is 4.79 Å². The Balaban J connectivity index is 1.73. The van der Waals surface area contributed by atoms with E-state index in [0.29, 0.717) is 17.4 Å². The Labute approximate surface area is 175 Å². The Morgan fingerprint density at radius 3 is 2.71 bits per heavy atom. The van der Waals surface area contributed by atoms with Crippen LogP contribution < -0.4 is 20.1 Å². The lowest BCUT2D eigenvalue weighted by Crippen LogP contribution is -2.12. The molecule has 8 heteroatoms. The standard InChI is InChI=1S/C20H17IN4O3/c1-27-16-6-4-13(9-17(16)28-2)23-20-22-10-11-7-18(26)24-15-8-12(21)3-5-14(15)19(11)25-20/h3-6,8-10H,7H2,1-2H3,(H,24,26)(H,22,23,25). The van der Waals surface area contributed by atoms with Gasteiger partial charge in [0.05, 0.1) is 32.0 Å². The maximum absolute atomic E-state index is 12.2. The van der Waals surface area contributed by atoms with Gasteiger partial charge in [-0.05, 0) is 52.9 Å². The van der Waals surface area contributed by atoms with Crippen LogP contribution >= 0.6 is 22.6 Å². The first-order valence-electron chi connectivity index (χ1n) is 8.52. The quantitative estimate of drug-likeness (QED) is 0.541. The van der Waals surface area contributed by atoms with E-state index >= 15 is 0 Å². The van der Waals surface area contributed by atoms with Crippen LogP contribution in [0.25, 0.3) is 11.3 Å². The number of halogens is 1. The number of aromatic nitrogens is 2. The maximum Gasteiger partial charge on any atom is 0.228 e. The highest BCUT2D eigenvalue weighted by molar-refractivity contribution is 14.1. The van der Waals surface area contributed by atoms with Gasteiger partial charge in [0.2, 0.25) is 11.9 Å². The summed E-state index contributed by atoms with van der Waals surface area (Å²) in [6.45, 7) is 0. The van der Waals surface area contributed by atoms with E-state index in [1.54, 1.807) is 20.4 Å². The Hall–Kier alpha value is -2.88. The van der Waals surface area contributed by atoms with Crippen molar-refractivity contribution in [2.24, 2.45) is 0 Å². The molecule has 0 bridgehead atoms. The largest absolute Gasteiger partial charge is 0.493 e. The number of fused-ring (bicyclic) bond motifs is 3. The van der Waals surface area contributed by atoms with Crippen molar-refractivity contribution in [1.82, 2.24) is 9.97 Å². The van der Waals surface area contributed by atoms with Crippen LogP contribution in [0.5, 0.6) is 11.5 Å². The van der Waals surface area contributed by atoms with Gasteiger partial charge in [-0.2, -0.15) is 0 Å². The molecule has 1 aromatic heterocycles. The number of carbonyl (C=O) groups excluding carboxylic acids is 1. The van der Waals surface area contributed by atoms with Crippen molar-refractivity contribution >= 4 is 45.8 Å². The lowest BCUT2D eigenvalue weighted by Gasteiger charge is -2.12. The fraction of sp³-hybridized carbons (Fsp3) is 0.150. The van der Waals surface area contributed by atoms with Gasteiger partial charge in [0.1, 0.15) is 0 Å². The molecule has 0 saturated heterocycles. The molecule has 4 rings (SSSR count). The number of methoxy groups -OCH3 is 2. The van der Waals surface area contributed by atoms with E-state index < -0.39 is 0 Å². The lowest BCUT2D eigenvalue weighted by atomic mass is 10.1. The van der Waals surface area contributed by atoms with E-state index in [1.165, 1.54) is 0 Å². The average Bonchev–Trinajstić information content (AvgIpc) is 2.82. The van der Waals surface area contributed by atoms with Crippen LogP contribution in [0.3, 0.4) is 0 Å². The Morgan fingerprint density at radius 2 is 1.93 bits per heavy atom. The predicted molar refractivity (Wildman–Crippen MR) is 115 cm³/mol. The average molecular weight is 488 g/mol. The summed E-state index contributed by atoms with van der Waals surface area (Å²) in [5.41, 5.74) is 3.92. The molecule has 2 aromatic carbocycles. The second-order valence-corrected chi connectivity index (χ2v) is 7.42. The third-order valence-electron chi connectivity index (χ3n) is 4.37. The molecule has 3 aromatic rings. The van der Waals surface area contributed by atoms with Crippen LogP contribution in [0.4, 0.5) is 17.3 Å². The molecule has 2 N–H and O–H groups in total. The van der Waals surface area contributed by atoms with Crippen molar-refractivity contribution in [3.8, 4) is 22.8 Å². The van der Waals surface area contributed by atoms with Gasteiger partial charge < -0.3 is 20.1 Å². The molecule has 0 aliphatic carbocycles. The van der Waals surface area contributed by atoms with E-state index in [1.807, 2.05) is 36.4 Å². The predicted octanol–water partition coefficient (Wildman–Crippen LogP) is 4.00. The van der Waals surface area contributed by atoms with Gasteiger partial charge >= 0.3 is 0 Å². The number of nitrogens with one attached hydrogen (secondary N) is 2. The number of anilines is 3. The van der Waals surface area contributed by atoms with E-state index in [0.717, 1.165) is 31.8 Å². The number of hydrogen-bond donors (Lipinski definition) is 2. The number of nitrogens with zero attached hydrogens (tertiary/aromatic N) is 2. The molecule has 0 radical (unpaired) electrons. The number of rotatable bonds is 4. The summed E-state index contributed by atoms with van der Waals surface area (Å²) in [5, 5.41) is 6.13. The third-order valence-corrected chi connectivity index (χ3v) is 5.04. The molecule has 0 atom stereocenters. The van der Waals surface area contributed by atoms with Crippen LogP contribution in [0.2, 0.25) is 0 Å². The van der Waals surface area contributed by atoms with Gasteiger partial charge in [0.15, 0.2) is 11.5 Å². The molecular formula is C20H17IN4O3. The highest BCUT2D eigenvalue weighted by atomic mass is 127.